The smallest absolute Gasteiger partial charge is 0.321 e. The number of carbonyl (C=O) groups is 2. The number of methoxy groups -OCH3 is 1. The van der Waals surface area contributed by atoms with Crippen LogP contribution in [-0.4, -0.2) is 50.7 Å². The fraction of sp³-hybridized carbons (Fsp3) is 0.333. The van der Waals surface area contributed by atoms with Crippen LogP contribution in [0.5, 0.6) is 11.5 Å². The van der Waals surface area contributed by atoms with Gasteiger partial charge in [0.2, 0.25) is 5.91 Å². The average molecular weight is 385 g/mol. The van der Waals surface area contributed by atoms with Crippen molar-refractivity contribution in [2.24, 2.45) is 0 Å². The normalized spacial score (nSPS) is 11.6. The van der Waals surface area contributed by atoms with Gasteiger partial charge >= 0.3 is 6.03 Å². The molecular weight excluding hydrogens is 358 g/mol. The number of nitrogens with one attached hydrogen (secondary N) is 2. The topological polar surface area (TPSA) is 79.9 Å². The van der Waals surface area contributed by atoms with Crippen molar-refractivity contribution in [1.82, 2.24) is 15.5 Å². The second kappa shape index (κ2) is 10.9. The number of ether oxygens (including phenoxy) is 2. The lowest BCUT2D eigenvalue weighted by atomic mass is 10.0. The third-order valence-electron chi connectivity index (χ3n) is 4.15. The molecule has 2 aromatic carbocycles. The van der Waals surface area contributed by atoms with Gasteiger partial charge in [-0.05, 0) is 31.7 Å². The SMILES string of the molecule is CCNC(=O)NC(=O)C(c1ccccc1)N(C)CCOc1ccccc1OC. The van der Waals surface area contributed by atoms with Gasteiger partial charge in [-0.15, -0.1) is 0 Å². The summed E-state index contributed by atoms with van der Waals surface area (Å²) in [4.78, 5) is 26.4. The lowest BCUT2D eigenvalue weighted by molar-refractivity contribution is -0.125. The van der Waals surface area contributed by atoms with Crippen LogP contribution in [0.1, 0.15) is 18.5 Å². The van der Waals surface area contributed by atoms with E-state index in [1.54, 1.807) is 14.0 Å². The maximum atomic E-state index is 12.7. The summed E-state index contributed by atoms with van der Waals surface area (Å²) in [5, 5.41) is 4.97. The molecule has 7 nitrogen and oxygen atoms in total. The quantitative estimate of drug-likeness (QED) is 0.694. The van der Waals surface area contributed by atoms with Crippen molar-refractivity contribution in [1.29, 1.82) is 0 Å². The number of benzene rings is 2. The number of likely N-dealkylation sites (N-methyl/N-ethyl adjacent to an activating group) is 1. The van der Waals surface area contributed by atoms with Crippen LogP contribution in [0.2, 0.25) is 0 Å². The molecule has 2 N–H and O–H groups in total. The average Bonchev–Trinajstić information content (AvgIpc) is 2.69. The molecule has 0 spiro atoms. The predicted octanol–water partition coefficient (Wildman–Crippen LogP) is 2.59. The monoisotopic (exact) mass is 385 g/mol. The van der Waals surface area contributed by atoms with Crippen molar-refractivity contribution in [2.75, 3.05) is 33.9 Å². The molecule has 0 bridgehead atoms. The highest BCUT2D eigenvalue weighted by Crippen LogP contribution is 2.26. The Hall–Kier alpha value is -3.06. The van der Waals surface area contributed by atoms with Crippen LogP contribution in [0.3, 0.4) is 0 Å². The number of nitrogens with zero attached hydrogens (tertiary/aromatic N) is 1. The van der Waals surface area contributed by atoms with E-state index >= 15 is 0 Å². The zero-order valence-corrected chi connectivity index (χ0v) is 16.5. The minimum Gasteiger partial charge on any atom is -0.493 e. The molecule has 28 heavy (non-hydrogen) atoms. The maximum absolute atomic E-state index is 12.7. The lowest BCUT2D eigenvalue weighted by Crippen LogP contribution is -2.46. The van der Waals surface area contributed by atoms with Crippen molar-refractivity contribution < 1.29 is 19.1 Å². The Labute approximate surface area is 165 Å². The molecule has 0 aromatic heterocycles. The van der Waals surface area contributed by atoms with E-state index in [4.69, 9.17) is 9.47 Å². The highest BCUT2D eigenvalue weighted by Gasteiger charge is 2.26. The zero-order chi connectivity index (χ0) is 20.4. The Morgan fingerprint density at radius 1 is 1.04 bits per heavy atom. The van der Waals surface area contributed by atoms with Crippen molar-refractivity contribution in [3.63, 3.8) is 0 Å². The Balaban J connectivity index is 2.05. The fourth-order valence-electron chi connectivity index (χ4n) is 2.79. The van der Waals surface area contributed by atoms with Crippen LogP contribution < -0.4 is 20.1 Å². The standard InChI is InChI=1S/C21H27N3O4/c1-4-22-21(26)23-20(25)19(16-10-6-5-7-11-16)24(2)14-15-28-18-13-9-8-12-17(18)27-3/h5-13,19H,4,14-15H2,1-3H3,(H2,22,23,25,26). The molecule has 0 saturated heterocycles. The molecule has 0 aliphatic carbocycles. The van der Waals surface area contributed by atoms with E-state index in [0.717, 1.165) is 5.56 Å². The van der Waals surface area contributed by atoms with Gasteiger partial charge in [-0.2, -0.15) is 0 Å². The fourth-order valence-corrected chi connectivity index (χ4v) is 2.79. The molecule has 3 amide bonds. The molecule has 1 atom stereocenters. The Morgan fingerprint density at radius 2 is 1.68 bits per heavy atom. The summed E-state index contributed by atoms with van der Waals surface area (Å²) in [6, 6.07) is 15.6. The van der Waals surface area contributed by atoms with E-state index in [2.05, 4.69) is 10.6 Å². The van der Waals surface area contributed by atoms with Gasteiger partial charge < -0.3 is 14.8 Å². The van der Waals surface area contributed by atoms with Crippen LogP contribution in [-0.2, 0) is 4.79 Å². The van der Waals surface area contributed by atoms with Gasteiger partial charge in [0, 0.05) is 13.1 Å². The number of urea groups is 1. The van der Waals surface area contributed by atoms with Gasteiger partial charge in [0.15, 0.2) is 11.5 Å². The number of imide groups is 1. The highest BCUT2D eigenvalue weighted by atomic mass is 16.5. The summed E-state index contributed by atoms with van der Waals surface area (Å²) in [5.74, 6) is 0.900. The summed E-state index contributed by atoms with van der Waals surface area (Å²) in [5.41, 5.74) is 0.795. The van der Waals surface area contributed by atoms with Gasteiger partial charge in [-0.25, -0.2) is 4.79 Å². The second-order valence-corrected chi connectivity index (χ2v) is 6.14. The predicted molar refractivity (Wildman–Crippen MR) is 108 cm³/mol. The first-order valence-corrected chi connectivity index (χ1v) is 9.16. The number of para-hydroxylation sites is 2. The molecule has 0 aliphatic heterocycles. The summed E-state index contributed by atoms with van der Waals surface area (Å²) in [6.45, 7) is 3.06. The number of carbonyl (C=O) groups excluding carboxylic acids is 2. The number of rotatable bonds is 9. The first kappa shape index (κ1) is 21.2. The van der Waals surface area contributed by atoms with Gasteiger partial charge in [0.05, 0.1) is 7.11 Å². The minimum absolute atomic E-state index is 0.356. The van der Waals surface area contributed by atoms with Crippen molar-refractivity contribution in [3.8, 4) is 11.5 Å². The molecule has 0 radical (unpaired) electrons. The lowest BCUT2D eigenvalue weighted by Gasteiger charge is -2.27. The molecule has 0 saturated carbocycles. The van der Waals surface area contributed by atoms with E-state index in [9.17, 15) is 9.59 Å². The van der Waals surface area contributed by atoms with E-state index in [0.29, 0.717) is 31.2 Å². The van der Waals surface area contributed by atoms with Crippen LogP contribution in [0, 0.1) is 0 Å². The summed E-state index contributed by atoms with van der Waals surface area (Å²) < 4.78 is 11.1. The molecule has 0 fully saturated rings. The van der Waals surface area contributed by atoms with Gasteiger partial charge in [0.25, 0.3) is 0 Å². The molecule has 0 aliphatic rings. The zero-order valence-electron chi connectivity index (χ0n) is 16.5. The van der Waals surface area contributed by atoms with E-state index in [1.165, 1.54) is 0 Å². The summed E-state index contributed by atoms with van der Waals surface area (Å²) >= 11 is 0. The van der Waals surface area contributed by atoms with E-state index < -0.39 is 18.0 Å². The highest BCUT2D eigenvalue weighted by molar-refractivity contribution is 5.97. The molecular formula is C21H27N3O4. The van der Waals surface area contributed by atoms with Crippen molar-refractivity contribution in [2.45, 2.75) is 13.0 Å². The van der Waals surface area contributed by atoms with E-state index in [-0.39, 0.29) is 0 Å². The Bertz CT molecular complexity index is 767. The molecule has 0 heterocycles. The minimum atomic E-state index is -0.620. The first-order valence-electron chi connectivity index (χ1n) is 9.16. The number of hydrogen-bond donors (Lipinski definition) is 2. The Kier molecular flexibility index (Phi) is 8.30. The molecule has 1 unspecified atom stereocenters. The van der Waals surface area contributed by atoms with Crippen molar-refractivity contribution >= 4 is 11.9 Å². The van der Waals surface area contributed by atoms with Crippen LogP contribution >= 0.6 is 0 Å². The third kappa shape index (κ3) is 5.99. The third-order valence-corrected chi connectivity index (χ3v) is 4.15. The second-order valence-electron chi connectivity index (χ2n) is 6.14. The van der Waals surface area contributed by atoms with Crippen LogP contribution in [0.25, 0.3) is 0 Å². The molecule has 150 valence electrons. The maximum Gasteiger partial charge on any atom is 0.321 e. The van der Waals surface area contributed by atoms with Crippen LogP contribution in [0.4, 0.5) is 4.79 Å². The number of hydrogen-bond acceptors (Lipinski definition) is 5. The van der Waals surface area contributed by atoms with Crippen molar-refractivity contribution in [3.05, 3.63) is 60.2 Å². The molecule has 7 heteroatoms. The summed E-state index contributed by atoms with van der Waals surface area (Å²) in [6.07, 6.45) is 0. The largest absolute Gasteiger partial charge is 0.493 e. The molecule has 2 rings (SSSR count). The molecule has 2 aromatic rings. The Morgan fingerprint density at radius 3 is 2.32 bits per heavy atom. The first-order chi connectivity index (χ1) is 13.6. The summed E-state index contributed by atoms with van der Waals surface area (Å²) in [7, 11) is 3.41. The van der Waals surface area contributed by atoms with Gasteiger partial charge in [-0.3, -0.25) is 15.0 Å². The van der Waals surface area contributed by atoms with Crippen LogP contribution in [0.15, 0.2) is 54.6 Å². The van der Waals surface area contributed by atoms with E-state index in [1.807, 2.05) is 66.5 Å². The number of amides is 3. The van der Waals surface area contributed by atoms with Gasteiger partial charge in [-0.1, -0.05) is 42.5 Å². The van der Waals surface area contributed by atoms with Gasteiger partial charge in [0.1, 0.15) is 12.6 Å².